The molecule has 2 unspecified atom stereocenters. The van der Waals surface area contributed by atoms with E-state index in [9.17, 15) is 18.3 Å². The number of carbonyl (C=O) groups excluding carboxylic acids is 1. The van der Waals surface area contributed by atoms with Gasteiger partial charge in [0.1, 0.15) is 5.75 Å². The molecule has 8 nitrogen and oxygen atoms in total. The van der Waals surface area contributed by atoms with E-state index in [2.05, 4.69) is 10.6 Å². The minimum Gasteiger partial charge on any atom is -0.493 e. The Morgan fingerprint density at radius 1 is 1.36 bits per heavy atom. The third-order valence-electron chi connectivity index (χ3n) is 3.75. The van der Waals surface area contributed by atoms with E-state index in [-0.39, 0.29) is 16.7 Å². The van der Waals surface area contributed by atoms with Crippen LogP contribution >= 0.6 is 11.8 Å². The van der Waals surface area contributed by atoms with E-state index in [0.717, 1.165) is 0 Å². The molecule has 1 aliphatic heterocycles. The number of nitrogens with two attached hydrogens (primary N) is 1. The van der Waals surface area contributed by atoms with Gasteiger partial charge in [-0.25, -0.2) is 13.6 Å². The van der Waals surface area contributed by atoms with E-state index < -0.39 is 16.1 Å². The molecule has 1 aromatic rings. The van der Waals surface area contributed by atoms with Crippen LogP contribution in [0.1, 0.15) is 0 Å². The van der Waals surface area contributed by atoms with E-state index >= 15 is 0 Å². The van der Waals surface area contributed by atoms with Crippen molar-refractivity contribution in [3.05, 3.63) is 24.3 Å². The van der Waals surface area contributed by atoms with Crippen LogP contribution in [-0.2, 0) is 14.8 Å². The fraction of sp³-hybridized carbons (Fsp3) is 0.533. The first-order valence-corrected chi connectivity index (χ1v) is 10.6. The van der Waals surface area contributed by atoms with Gasteiger partial charge >= 0.3 is 0 Å². The third-order valence-corrected chi connectivity index (χ3v) is 5.60. The molecule has 10 heteroatoms. The summed E-state index contributed by atoms with van der Waals surface area (Å²) in [5.41, 5.74) is 0. The standard InChI is InChI=1S/C15H23N3O5S2/c16-25(21,22)13-3-1-12(2-4-13)23-5-6-24-10-15(20)18-8-11-7-17-9-14(11)19/h1-4,11,14,17,19H,5-10H2,(H,18,20)(H2,16,21,22). The predicted molar refractivity (Wildman–Crippen MR) is 96.0 cm³/mol. The zero-order valence-corrected chi connectivity index (χ0v) is 15.3. The van der Waals surface area contributed by atoms with Crippen LogP contribution in [0.4, 0.5) is 0 Å². The summed E-state index contributed by atoms with van der Waals surface area (Å²) in [6.45, 7) is 2.16. The van der Waals surface area contributed by atoms with Crippen LogP contribution in [0.5, 0.6) is 5.75 Å². The molecule has 5 N–H and O–H groups in total. The summed E-state index contributed by atoms with van der Waals surface area (Å²) in [4.78, 5) is 11.8. The number of primary sulfonamides is 1. The second-order valence-electron chi connectivity index (χ2n) is 5.71. The molecule has 25 heavy (non-hydrogen) atoms. The lowest BCUT2D eigenvalue weighted by Crippen LogP contribution is -2.35. The lowest BCUT2D eigenvalue weighted by Gasteiger charge is -2.14. The van der Waals surface area contributed by atoms with Gasteiger partial charge < -0.3 is 20.5 Å². The summed E-state index contributed by atoms with van der Waals surface area (Å²) in [6, 6.07) is 5.85. The largest absolute Gasteiger partial charge is 0.493 e. The highest BCUT2D eigenvalue weighted by Crippen LogP contribution is 2.15. The second kappa shape index (κ2) is 9.39. The van der Waals surface area contributed by atoms with Crippen molar-refractivity contribution in [1.29, 1.82) is 0 Å². The van der Waals surface area contributed by atoms with Crippen molar-refractivity contribution in [3.63, 3.8) is 0 Å². The molecule has 0 saturated carbocycles. The Hall–Kier alpha value is -1.33. The number of thioether (sulfide) groups is 1. The van der Waals surface area contributed by atoms with Crippen molar-refractivity contribution in [1.82, 2.24) is 10.6 Å². The maximum Gasteiger partial charge on any atom is 0.238 e. The molecule has 140 valence electrons. The van der Waals surface area contributed by atoms with Crippen molar-refractivity contribution in [2.24, 2.45) is 11.1 Å². The van der Waals surface area contributed by atoms with Gasteiger partial charge in [0.2, 0.25) is 15.9 Å². The Morgan fingerprint density at radius 3 is 2.68 bits per heavy atom. The predicted octanol–water partition coefficient (Wildman–Crippen LogP) is -0.857. The van der Waals surface area contributed by atoms with Crippen LogP contribution < -0.4 is 20.5 Å². The van der Waals surface area contributed by atoms with Crippen molar-refractivity contribution in [3.8, 4) is 5.75 Å². The molecular weight excluding hydrogens is 366 g/mol. The van der Waals surface area contributed by atoms with Crippen molar-refractivity contribution in [2.75, 3.05) is 37.7 Å². The number of benzene rings is 1. The van der Waals surface area contributed by atoms with Crippen LogP contribution in [-0.4, -0.2) is 63.3 Å². The number of rotatable bonds is 9. The zero-order chi connectivity index (χ0) is 18.3. The highest BCUT2D eigenvalue weighted by molar-refractivity contribution is 7.99. The molecule has 0 bridgehead atoms. The first-order chi connectivity index (χ1) is 11.9. The lowest BCUT2D eigenvalue weighted by atomic mass is 10.1. The van der Waals surface area contributed by atoms with Crippen molar-refractivity contribution >= 4 is 27.7 Å². The Kier molecular flexibility index (Phi) is 7.51. The average Bonchev–Trinajstić information content (AvgIpc) is 2.97. The number of nitrogens with one attached hydrogen (secondary N) is 2. The summed E-state index contributed by atoms with van der Waals surface area (Å²) in [5.74, 6) is 1.49. The molecule has 0 radical (unpaired) electrons. The van der Waals surface area contributed by atoms with Gasteiger partial charge in [-0.15, -0.1) is 11.8 Å². The van der Waals surface area contributed by atoms with E-state index in [1.807, 2.05) is 0 Å². The van der Waals surface area contributed by atoms with E-state index in [1.54, 1.807) is 0 Å². The molecule has 1 amide bonds. The second-order valence-corrected chi connectivity index (χ2v) is 8.37. The summed E-state index contributed by atoms with van der Waals surface area (Å²) in [7, 11) is -3.70. The summed E-state index contributed by atoms with van der Waals surface area (Å²) in [5, 5.41) is 20.5. The summed E-state index contributed by atoms with van der Waals surface area (Å²) < 4.78 is 27.8. The summed E-state index contributed by atoms with van der Waals surface area (Å²) in [6.07, 6.45) is -0.401. The quantitative estimate of drug-likeness (QED) is 0.404. The Labute approximate surface area is 151 Å². The Morgan fingerprint density at radius 2 is 2.08 bits per heavy atom. The number of carbonyl (C=O) groups is 1. The van der Waals surface area contributed by atoms with Gasteiger partial charge in [0.05, 0.1) is 23.4 Å². The molecule has 0 aromatic heterocycles. The highest BCUT2D eigenvalue weighted by Gasteiger charge is 2.24. The van der Waals surface area contributed by atoms with Gasteiger partial charge in [-0.2, -0.15) is 0 Å². The first-order valence-electron chi connectivity index (χ1n) is 7.85. The monoisotopic (exact) mass is 389 g/mol. The van der Waals surface area contributed by atoms with Gasteiger partial charge in [0.25, 0.3) is 0 Å². The molecule has 1 aromatic carbocycles. The third kappa shape index (κ3) is 6.83. The van der Waals surface area contributed by atoms with Gasteiger partial charge in [0.15, 0.2) is 0 Å². The zero-order valence-electron chi connectivity index (χ0n) is 13.7. The molecule has 2 rings (SSSR count). The molecule has 1 saturated heterocycles. The van der Waals surface area contributed by atoms with Gasteiger partial charge in [-0.05, 0) is 24.3 Å². The normalized spacial score (nSPS) is 20.4. The lowest BCUT2D eigenvalue weighted by molar-refractivity contribution is -0.118. The number of β-amino-alcohol motifs (C(OH)–C–C–N with tert-alkyl or cyclic N) is 1. The SMILES string of the molecule is NS(=O)(=O)c1ccc(OCCSCC(=O)NCC2CNCC2O)cc1. The number of sulfonamides is 1. The minimum atomic E-state index is -3.70. The van der Waals surface area contributed by atoms with Crippen LogP contribution in [0.15, 0.2) is 29.2 Å². The highest BCUT2D eigenvalue weighted by atomic mass is 32.2. The number of hydrogen-bond donors (Lipinski definition) is 4. The van der Waals surface area contributed by atoms with Crippen molar-refractivity contribution < 1.29 is 23.1 Å². The average molecular weight is 389 g/mol. The molecule has 1 aliphatic rings. The maximum atomic E-state index is 11.7. The molecule has 2 atom stereocenters. The number of amides is 1. The smallest absolute Gasteiger partial charge is 0.238 e. The molecule has 1 fully saturated rings. The fourth-order valence-corrected chi connectivity index (χ4v) is 3.48. The first kappa shape index (κ1) is 20.0. The molecule has 0 aliphatic carbocycles. The van der Waals surface area contributed by atoms with E-state index in [4.69, 9.17) is 9.88 Å². The topological polar surface area (TPSA) is 131 Å². The number of hydrogen-bond acceptors (Lipinski definition) is 7. The molecule has 0 spiro atoms. The minimum absolute atomic E-state index is 0.0356. The van der Waals surface area contributed by atoms with Gasteiger partial charge in [-0.1, -0.05) is 0 Å². The van der Waals surface area contributed by atoms with Gasteiger partial charge in [-0.3, -0.25) is 4.79 Å². The number of aliphatic hydroxyl groups excluding tert-OH is 1. The van der Waals surface area contributed by atoms with E-state index in [1.165, 1.54) is 36.0 Å². The number of aliphatic hydroxyl groups is 1. The van der Waals surface area contributed by atoms with Crippen LogP contribution in [0, 0.1) is 5.92 Å². The number of ether oxygens (including phenoxy) is 1. The van der Waals surface area contributed by atoms with Crippen LogP contribution in [0.25, 0.3) is 0 Å². The van der Waals surface area contributed by atoms with Crippen LogP contribution in [0.2, 0.25) is 0 Å². The maximum absolute atomic E-state index is 11.7. The van der Waals surface area contributed by atoms with Crippen LogP contribution in [0.3, 0.4) is 0 Å². The van der Waals surface area contributed by atoms with Crippen molar-refractivity contribution in [2.45, 2.75) is 11.0 Å². The summed E-state index contributed by atoms with van der Waals surface area (Å²) >= 11 is 1.44. The van der Waals surface area contributed by atoms with Gasteiger partial charge in [0, 0.05) is 31.3 Å². The molecule has 1 heterocycles. The molecular formula is C15H23N3O5S2. The fourth-order valence-electron chi connectivity index (χ4n) is 2.33. The Bertz CT molecular complexity index is 666. The Balaban J connectivity index is 1.57. The van der Waals surface area contributed by atoms with E-state index in [0.29, 0.717) is 43.5 Å².